The lowest BCUT2D eigenvalue weighted by Gasteiger charge is -2.26. The Bertz CT molecular complexity index is 350. The quantitative estimate of drug-likeness (QED) is 0.716. The molecule has 1 atom stereocenters. The van der Waals surface area contributed by atoms with Gasteiger partial charge in [-0.25, -0.2) is 0 Å². The maximum atomic E-state index is 11.3. The van der Waals surface area contributed by atoms with Crippen molar-refractivity contribution in [1.82, 2.24) is 0 Å². The van der Waals surface area contributed by atoms with Crippen molar-refractivity contribution in [2.24, 2.45) is 5.41 Å². The molecular formula is C16H26O2. The third-order valence-corrected chi connectivity index (χ3v) is 2.87. The van der Waals surface area contributed by atoms with Gasteiger partial charge in [-0.1, -0.05) is 43.2 Å². The van der Waals surface area contributed by atoms with Gasteiger partial charge in [0.2, 0.25) is 0 Å². The Hall–Kier alpha value is -1.31. The number of carboxylic acid groups (broad SMARTS) is 1. The Morgan fingerprint density at radius 1 is 1.44 bits per heavy atom. The topological polar surface area (TPSA) is 37.3 Å². The van der Waals surface area contributed by atoms with Gasteiger partial charge in [0.05, 0.1) is 5.41 Å². The van der Waals surface area contributed by atoms with E-state index in [1.54, 1.807) is 6.92 Å². The maximum Gasteiger partial charge on any atom is 0.310 e. The fourth-order valence-electron chi connectivity index (χ4n) is 2.13. The predicted molar refractivity (Wildman–Crippen MR) is 77.6 cm³/mol. The molecule has 1 aliphatic carbocycles. The van der Waals surface area contributed by atoms with Crippen LogP contribution in [0.25, 0.3) is 0 Å². The molecular weight excluding hydrogens is 224 g/mol. The van der Waals surface area contributed by atoms with Gasteiger partial charge in [-0.15, -0.1) is 6.58 Å². The molecule has 0 radical (unpaired) electrons. The average molecular weight is 250 g/mol. The molecule has 0 saturated carbocycles. The van der Waals surface area contributed by atoms with Gasteiger partial charge in [0.15, 0.2) is 0 Å². The zero-order valence-electron chi connectivity index (χ0n) is 12.1. The van der Waals surface area contributed by atoms with Gasteiger partial charge in [-0.2, -0.15) is 0 Å². The number of aliphatic carboxylic acids is 1. The summed E-state index contributed by atoms with van der Waals surface area (Å²) in [6.45, 7) is 11.5. The van der Waals surface area contributed by atoms with Crippen molar-refractivity contribution >= 4 is 5.97 Å². The lowest BCUT2D eigenvalue weighted by atomic mass is 9.78. The molecule has 18 heavy (non-hydrogen) atoms. The number of rotatable bonds is 5. The van der Waals surface area contributed by atoms with Gasteiger partial charge in [-0.05, 0) is 39.5 Å². The summed E-state index contributed by atoms with van der Waals surface area (Å²) in [6.07, 6.45) is 9.50. The largest absolute Gasteiger partial charge is 0.481 e. The van der Waals surface area contributed by atoms with Crippen molar-refractivity contribution in [3.63, 3.8) is 0 Å². The van der Waals surface area contributed by atoms with Crippen molar-refractivity contribution in [2.45, 2.75) is 53.4 Å². The molecule has 0 heterocycles. The zero-order valence-corrected chi connectivity index (χ0v) is 12.1. The number of hydrogen-bond acceptors (Lipinski definition) is 1. The van der Waals surface area contributed by atoms with Crippen LogP contribution in [-0.4, -0.2) is 11.1 Å². The lowest BCUT2D eigenvalue weighted by molar-refractivity contribution is -0.147. The van der Waals surface area contributed by atoms with Crippen molar-refractivity contribution in [3.05, 3.63) is 36.0 Å². The first-order chi connectivity index (χ1) is 8.44. The summed E-state index contributed by atoms with van der Waals surface area (Å²) in [5.41, 5.74) is 1.34. The van der Waals surface area contributed by atoms with Crippen LogP contribution >= 0.6 is 0 Å². The van der Waals surface area contributed by atoms with Crippen molar-refractivity contribution in [3.8, 4) is 0 Å². The molecule has 0 unspecified atom stereocenters. The van der Waals surface area contributed by atoms with Crippen LogP contribution in [0.2, 0.25) is 0 Å². The van der Waals surface area contributed by atoms with E-state index < -0.39 is 11.4 Å². The molecule has 0 amide bonds. The Labute approximate surface area is 111 Å². The van der Waals surface area contributed by atoms with Crippen molar-refractivity contribution in [1.29, 1.82) is 0 Å². The van der Waals surface area contributed by atoms with Gasteiger partial charge in [0.25, 0.3) is 0 Å². The molecule has 0 aliphatic heterocycles. The fraction of sp³-hybridized carbons (Fsp3) is 0.562. The number of carboxylic acids is 1. The SMILES string of the molecule is C=C(C)C[C@](C)(CC1=CCCC=C1)C(=O)O.CC. The summed E-state index contributed by atoms with van der Waals surface area (Å²) in [6, 6.07) is 0. The van der Waals surface area contributed by atoms with Gasteiger partial charge < -0.3 is 5.11 Å². The first kappa shape index (κ1) is 16.7. The van der Waals surface area contributed by atoms with Crippen molar-refractivity contribution in [2.75, 3.05) is 0 Å². The van der Waals surface area contributed by atoms with Gasteiger partial charge in [0.1, 0.15) is 0 Å². The Morgan fingerprint density at radius 2 is 2.06 bits per heavy atom. The van der Waals surface area contributed by atoms with Crippen LogP contribution in [0.5, 0.6) is 0 Å². The normalized spacial score (nSPS) is 17.0. The minimum atomic E-state index is -0.740. The van der Waals surface area contributed by atoms with E-state index in [4.69, 9.17) is 0 Å². The molecule has 0 bridgehead atoms. The number of hydrogen-bond donors (Lipinski definition) is 1. The molecule has 0 spiro atoms. The molecule has 102 valence electrons. The highest BCUT2D eigenvalue weighted by atomic mass is 16.4. The lowest BCUT2D eigenvalue weighted by Crippen LogP contribution is -2.28. The predicted octanol–water partition coefficient (Wildman–Crippen LogP) is 4.74. The third-order valence-electron chi connectivity index (χ3n) is 2.87. The Balaban J connectivity index is 0.00000137. The van der Waals surface area contributed by atoms with E-state index in [9.17, 15) is 9.90 Å². The van der Waals surface area contributed by atoms with Crippen LogP contribution in [0.1, 0.15) is 53.4 Å². The van der Waals surface area contributed by atoms with Crippen LogP contribution < -0.4 is 0 Å². The second-order valence-corrected chi connectivity index (χ2v) is 4.94. The van der Waals surface area contributed by atoms with E-state index in [0.29, 0.717) is 12.8 Å². The van der Waals surface area contributed by atoms with Gasteiger partial charge in [-0.3, -0.25) is 4.79 Å². The van der Waals surface area contributed by atoms with Crippen molar-refractivity contribution < 1.29 is 9.90 Å². The van der Waals surface area contributed by atoms with E-state index in [0.717, 1.165) is 24.0 Å². The summed E-state index contributed by atoms with van der Waals surface area (Å²) < 4.78 is 0. The fourth-order valence-corrected chi connectivity index (χ4v) is 2.13. The molecule has 1 rings (SSSR count). The highest BCUT2D eigenvalue weighted by Gasteiger charge is 2.33. The van der Waals surface area contributed by atoms with E-state index in [1.165, 1.54) is 0 Å². The minimum absolute atomic E-state index is 0.535. The molecule has 2 heteroatoms. The first-order valence-electron chi connectivity index (χ1n) is 6.67. The van der Waals surface area contributed by atoms with Gasteiger partial charge >= 0.3 is 5.97 Å². The summed E-state index contributed by atoms with van der Waals surface area (Å²) in [4.78, 5) is 11.3. The first-order valence-corrected chi connectivity index (χ1v) is 6.67. The molecule has 1 aliphatic rings. The van der Waals surface area contributed by atoms with Crippen LogP contribution in [0.4, 0.5) is 0 Å². The summed E-state index contributed by atoms with van der Waals surface area (Å²) >= 11 is 0. The minimum Gasteiger partial charge on any atom is -0.481 e. The summed E-state index contributed by atoms with van der Waals surface area (Å²) in [5, 5.41) is 9.32. The van der Waals surface area contributed by atoms with E-state index >= 15 is 0 Å². The van der Waals surface area contributed by atoms with Crippen LogP contribution in [0, 0.1) is 5.41 Å². The van der Waals surface area contributed by atoms with Crippen LogP contribution in [-0.2, 0) is 4.79 Å². The Morgan fingerprint density at radius 3 is 2.44 bits per heavy atom. The van der Waals surface area contributed by atoms with E-state index in [2.05, 4.69) is 18.7 Å². The molecule has 0 aromatic carbocycles. The van der Waals surface area contributed by atoms with E-state index in [-0.39, 0.29) is 0 Å². The summed E-state index contributed by atoms with van der Waals surface area (Å²) in [5.74, 6) is -0.740. The number of allylic oxidation sites excluding steroid dienone is 5. The monoisotopic (exact) mass is 250 g/mol. The molecule has 0 aromatic rings. The third kappa shape index (κ3) is 5.35. The van der Waals surface area contributed by atoms with Crippen LogP contribution in [0.15, 0.2) is 36.0 Å². The highest BCUT2D eigenvalue weighted by Crippen LogP contribution is 2.34. The Kier molecular flexibility index (Phi) is 7.33. The molecule has 0 saturated heterocycles. The summed E-state index contributed by atoms with van der Waals surface area (Å²) in [7, 11) is 0. The molecule has 1 N–H and O–H groups in total. The number of carbonyl (C=O) groups is 1. The van der Waals surface area contributed by atoms with E-state index in [1.807, 2.05) is 26.8 Å². The second-order valence-electron chi connectivity index (χ2n) is 4.94. The standard InChI is InChI=1S/C14H20O2.C2H6/c1-11(2)9-14(3,13(15)16)10-12-7-5-4-6-8-12;1-2/h5,7-8H,1,4,6,9-10H2,2-3H3,(H,15,16);1-2H3/t14-;/m1./s1. The zero-order chi connectivity index (χ0) is 14.2. The smallest absolute Gasteiger partial charge is 0.310 e. The maximum absolute atomic E-state index is 11.3. The second kappa shape index (κ2) is 7.91. The molecule has 0 aromatic heterocycles. The van der Waals surface area contributed by atoms with Gasteiger partial charge in [0, 0.05) is 0 Å². The average Bonchev–Trinajstić information content (AvgIpc) is 2.31. The highest BCUT2D eigenvalue weighted by molar-refractivity contribution is 5.75. The van der Waals surface area contributed by atoms with Crippen LogP contribution in [0.3, 0.4) is 0 Å². The molecule has 2 nitrogen and oxygen atoms in total. The molecule has 0 fully saturated rings.